The first-order valence-corrected chi connectivity index (χ1v) is 11.1. The van der Waals surface area contributed by atoms with Crippen molar-refractivity contribution in [1.29, 1.82) is 0 Å². The molecule has 170 valence electrons. The van der Waals surface area contributed by atoms with E-state index >= 15 is 0 Å². The van der Waals surface area contributed by atoms with Gasteiger partial charge >= 0.3 is 6.03 Å². The van der Waals surface area contributed by atoms with Gasteiger partial charge in [0.05, 0.1) is 18.7 Å². The molecule has 0 radical (unpaired) electrons. The second kappa shape index (κ2) is 10.9. The highest BCUT2D eigenvalue weighted by Gasteiger charge is 2.32. The molecule has 0 unspecified atom stereocenters. The van der Waals surface area contributed by atoms with Gasteiger partial charge in [-0.1, -0.05) is 0 Å². The third-order valence-corrected chi connectivity index (χ3v) is 5.89. The summed E-state index contributed by atoms with van der Waals surface area (Å²) in [7, 11) is 0. The number of urea groups is 1. The summed E-state index contributed by atoms with van der Waals surface area (Å²) < 4.78 is 5.95. The van der Waals surface area contributed by atoms with Crippen LogP contribution in [0.1, 0.15) is 12.0 Å². The largest absolute Gasteiger partial charge is 0.492 e. The molecular formula is C23H30N6O3. The van der Waals surface area contributed by atoms with Crippen molar-refractivity contribution in [3.63, 3.8) is 0 Å². The molecule has 0 bridgehead atoms. The van der Waals surface area contributed by atoms with E-state index in [0.717, 1.165) is 25.3 Å². The normalized spacial score (nSPS) is 21.2. The van der Waals surface area contributed by atoms with E-state index in [9.17, 15) is 9.59 Å². The van der Waals surface area contributed by atoms with Crippen molar-refractivity contribution in [1.82, 2.24) is 30.4 Å². The van der Waals surface area contributed by atoms with Gasteiger partial charge in [0.15, 0.2) is 0 Å². The molecule has 0 saturated carbocycles. The summed E-state index contributed by atoms with van der Waals surface area (Å²) in [6, 6.07) is 7.69. The minimum absolute atomic E-state index is 0.0374. The van der Waals surface area contributed by atoms with E-state index in [2.05, 4.69) is 25.5 Å². The van der Waals surface area contributed by atoms with Crippen LogP contribution < -0.4 is 15.4 Å². The van der Waals surface area contributed by atoms with Crippen LogP contribution in [0.4, 0.5) is 4.79 Å². The molecule has 4 rings (SSSR count). The van der Waals surface area contributed by atoms with E-state index in [1.807, 2.05) is 24.3 Å². The molecule has 2 aliphatic rings. The Hall–Kier alpha value is -3.20. The molecule has 2 atom stereocenters. The Morgan fingerprint density at radius 3 is 2.81 bits per heavy atom. The Bertz CT molecular complexity index is 882. The molecule has 9 heteroatoms. The molecule has 2 saturated heterocycles. The number of hydrogen-bond donors (Lipinski definition) is 2. The van der Waals surface area contributed by atoms with Crippen molar-refractivity contribution in [2.45, 2.75) is 13.0 Å². The number of nitrogens with zero attached hydrogens (tertiary/aromatic N) is 4. The van der Waals surface area contributed by atoms with Crippen molar-refractivity contribution >= 4 is 11.9 Å². The van der Waals surface area contributed by atoms with Crippen LogP contribution in [0.3, 0.4) is 0 Å². The highest BCUT2D eigenvalue weighted by Crippen LogP contribution is 2.25. The Morgan fingerprint density at radius 2 is 2.06 bits per heavy atom. The standard InChI is InChI=1S/C23H30N6O3/c30-22(26-8-10-29-11-9-27-23(29)31)20-12-19(17-32-21-2-1-5-25-13-21)15-28(16-20)14-18-3-6-24-7-4-18/h1-7,13,19-20H,8-12,14-17H2,(H,26,30)(H,27,31)/t19-,20+/m0/s1. The lowest BCUT2D eigenvalue weighted by Gasteiger charge is -2.37. The molecule has 3 amide bonds. The molecule has 32 heavy (non-hydrogen) atoms. The van der Waals surface area contributed by atoms with Crippen LogP contribution in [0, 0.1) is 11.8 Å². The van der Waals surface area contributed by atoms with Crippen LogP contribution in [0.15, 0.2) is 49.1 Å². The number of likely N-dealkylation sites (tertiary alicyclic amines) is 1. The Labute approximate surface area is 188 Å². The third kappa shape index (κ3) is 6.16. The Morgan fingerprint density at radius 1 is 1.19 bits per heavy atom. The second-order valence-corrected chi connectivity index (χ2v) is 8.36. The number of rotatable bonds is 9. The fourth-order valence-corrected chi connectivity index (χ4v) is 4.32. The summed E-state index contributed by atoms with van der Waals surface area (Å²) in [5.74, 6) is 0.880. The summed E-state index contributed by atoms with van der Waals surface area (Å²) in [5.41, 5.74) is 1.17. The van der Waals surface area contributed by atoms with Crippen LogP contribution >= 0.6 is 0 Å². The lowest BCUT2D eigenvalue weighted by atomic mass is 9.88. The molecule has 2 aromatic rings. The van der Waals surface area contributed by atoms with Gasteiger partial charge in [0, 0.05) is 70.3 Å². The van der Waals surface area contributed by atoms with Gasteiger partial charge in [-0.05, 0) is 36.2 Å². The predicted molar refractivity (Wildman–Crippen MR) is 119 cm³/mol. The SMILES string of the molecule is O=C(NCCN1CCNC1=O)[C@@H]1C[C@H](COc2cccnc2)CN(Cc2ccncc2)C1. The number of pyridine rings is 2. The molecule has 2 aromatic heterocycles. The molecule has 2 aliphatic heterocycles. The number of amides is 3. The van der Waals surface area contributed by atoms with Gasteiger partial charge in [-0.15, -0.1) is 0 Å². The smallest absolute Gasteiger partial charge is 0.317 e. The zero-order chi connectivity index (χ0) is 22.2. The molecule has 2 fully saturated rings. The lowest BCUT2D eigenvalue weighted by molar-refractivity contribution is -0.127. The zero-order valence-electron chi connectivity index (χ0n) is 18.2. The van der Waals surface area contributed by atoms with Gasteiger partial charge in [-0.25, -0.2) is 4.79 Å². The fourth-order valence-electron chi connectivity index (χ4n) is 4.32. The maximum absolute atomic E-state index is 13.0. The maximum Gasteiger partial charge on any atom is 0.317 e. The van der Waals surface area contributed by atoms with E-state index in [1.54, 1.807) is 29.7 Å². The number of aromatic nitrogens is 2. The highest BCUT2D eigenvalue weighted by molar-refractivity contribution is 5.79. The quantitative estimate of drug-likeness (QED) is 0.609. The minimum Gasteiger partial charge on any atom is -0.492 e. The molecule has 0 aliphatic carbocycles. The van der Waals surface area contributed by atoms with Crippen molar-refractivity contribution < 1.29 is 14.3 Å². The summed E-state index contributed by atoms with van der Waals surface area (Å²) in [6.07, 6.45) is 7.78. The van der Waals surface area contributed by atoms with Crippen LogP contribution in [-0.2, 0) is 11.3 Å². The average Bonchev–Trinajstić information content (AvgIpc) is 3.23. The summed E-state index contributed by atoms with van der Waals surface area (Å²) in [4.78, 5) is 36.9. The molecule has 0 spiro atoms. The second-order valence-electron chi connectivity index (χ2n) is 8.36. The predicted octanol–water partition coefficient (Wildman–Crippen LogP) is 1.14. The van der Waals surface area contributed by atoms with Crippen molar-refractivity contribution in [3.8, 4) is 5.75 Å². The van der Waals surface area contributed by atoms with Gasteiger partial charge in [-0.3, -0.25) is 19.7 Å². The number of ether oxygens (including phenoxy) is 1. The summed E-state index contributed by atoms with van der Waals surface area (Å²) in [5, 5.41) is 5.81. The number of carbonyl (C=O) groups is 2. The van der Waals surface area contributed by atoms with Crippen LogP contribution in [0.25, 0.3) is 0 Å². The highest BCUT2D eigenvalue weighted by atomic mass is 16.5. The number of carbonyl (C=O) groups excluding carboxylic acids is 2. The first kappa shape index (κ1) is 22.0. The van der Waals surface area contributed by atoms with Gasteiger partial charge in [0.25, 0.3) is 0 Å². The molecule has 9 nitrogen and oxygen atoms in total. The summed E-state index contributed by atoms with van der Waals surface area (Å²) >= 11 is 0. The van der Waals surface area contributed by atoms with E-state index in [-0.39, 0.29) is 23.8 Å². The topological polar surface area (TPSA) is 99.7 Å². The number of piperidine rings is 1. The van der Waals surface area contributed by atoms with Crippen molar-refractivity contribution in [2.75, 3.05) is 45.9 Å². The molecule has 4 heterocycles. The molecular weight excluding hydrogens is 408 g/mol. The fraction of sp³-hybridized carbons (Fsp3) is 0.478. The van der Waals surface area contributed by atoms with E-state index in [1.165, 1.54) is 5.56 Å². The lowest BCUT2D eigenvalue weighted by Crippen LogP contribution is -2.48. The monoisotopic (exact) mass is 438 g/mol. The Balaban J connectivity index is 1.34. The van der Waals surface area contributed by atoms with Crippen LogP contribution in [0.5, 0.6) is 5.75 Å². The molecule has 0 aromatic carbocycles. The van der Waals surface area contributed by atoms with Gasteiger partial charge < -0.3 is 20.3 Å². The maximum atomic E-state index is 13.0. The van der Waals surface area contributed by atoms with Crippen molar-refractivity contribution in [3.05, 3.63) is 54.6 Å². The van der Waals surface area contributed by atoms with Gasteiger partial charge in [0.2, 0.25) is 5.91 Å². The molecule has 2 N–H and O–H groups in total. The minimum atomic E-state index is -0.125. The summed E-state index contributed by atoms with van der Waals surface area (Å²) in [6.45, 7) is 5.20. The first-order chi connectivity index (χ1) is 15.7. The van der Waals surface area contributed by atoms with Crippen molar-refractivity contribution in [2.24, 2.45) is 11.8 Å². The Kier molecular flexibility index (Phi) is 7.50. The van der Waals surface area contributed by atoms with Gasteiger partial charge in [-0.2, -0.15) is 0 Å². The zero-order valence-corrected chi connectivity index (χ0v) is 18.2. The third-order valence-electron chi connectivity index (χ3n) is 5.89. The van der Waals surface area contributed by atoms with E-state index in [0.29, 0.717) is 39.3 Å². The van der Waals surface area contributed by atoms with Gasteiger partial charge in [0.1, 0.15) is 5.75 Å². The van der Waals surface area contributed by atoms with E-state index < -0.39 is 0 Å². The van der Waals surface area contributed by atoms with Crippen LogP contribution in [-0.4, -0.2) is 77.6 Å². The van der Waals surface area contributed by atoms with E-state index in [4.69, 9.17) is 4.74 Å². The number of nitrogens with one attached hydrogen (secondary N) is 2. The van der Waals surface area contributed by atoms with Crippen LogP contribution in [0.2, 0.25) is 0 Å². The average molecular weight is 439 g/mol. The number of hydrogen-bond acceptors (Lipinski definition) is 6. The first-order valence-electron chi connectivity index (χ1n) is 11.1.